The third-order valence-electron chi connectivity index (χ3n) is 6.49. The first kappa shape index (κ1) is 28.2. The minimum Gasteiger partial charge on any atom is -0.475 e. The quantitative estimate of drug-likeness (QED) is 0.207. The van der Waals surface area contributed by atoms with Crippen LogP contribution < -0.4 is 21.1 Å². The molecule has 1 unspecified atom stereocenters. The number of nitrogen functional groups attached to an aromatic ring is 2. The topological polar surface area (TPSA) is 103 Å². The molecule has 1 atom stereocenters. The van der Waals surface area contributed by atoms with E-state index < -0.39 is 0 Å². The number of aryl methyl sites for hydroxylation is 2. The predicted octanol–water partition coefficient (Wildman–Crippen LogP) is 6.50. The molecule has 4 aromatic rings. The molecule has 7 nitrogen and oxygen atoms in total. The van der Waals surface area contributed by atoms with Gasteiger partial charge in [0, 0.05) is 22.2 Å². The molecular weight excluding hydrogens is 504 g/mol. The van der Waals surface area contributed by atoms with Crippen LogP contribution in [0.1, 0.15) is 44.0 Å². The number of thiol groups is 1. The van der Waals surface area contributed by atoms with Crippen LogP contribution in [-0.4, -0.2) is 27.6 Å². The zero-order chi connectivity index (χ0) is 28.2. The molecule has 0 aliphatic rings. The van der Waals surface area contributed by atoms with Crippen molar-refractivity contribution < 1.29 is 4.74 Å². The van der Waals surface area contributed by atoms with Gasteiger partial charge in [0.05, 0.1) is 24.0 Å². The smallest absolute Gasteiger partial charge is 0.223 e. The van der Waals surface area contributed by atoms with E-state index in [0.29, 0.717) is 24.8 Å². The standard InChI is InChI=1S/C31H38N6OS/c1-20-9-6-10-21(2)29(20)26-16-28(36-30(33)35-26)38-19-24(17-31(3,4)5)37(23-12-8-13-25(39)15-23)18-22-11-7-14-27(32)34-22/h6-16,24,39H,17-19H2,1-5H3,(H2,32,34)(H2,33,35,36). The first-order chi connectivity index (χ1) is 18.5. The molecule has 0 saturated heterocycles. The summed E-state index contributed by atoms with van der Waals surface area (Å²) in [6.45, 7) is 11.8. The van der Waals surface area contributed by atoms with Crippen molar-refractivity contribution in [3.05, 3.63) is 83.6 Å². The summed E-state index contributed by atoms with van der Waals surface area (Å²) in [7, 11) is 0. The van der Waals surface area contributed by atoms with Crippen molar-refractivity contribution in [2.45, 2.75) is 58.5 Å². The second kappa shape index (κ2) is 11.9. The number of aromatic nitrogens is 3. The van der Waals surface area contributed by atoms with E-state index in [1.165, 1.54) is 0 Å². The largest absolute Gasteiger partial charge is 0.475 e. The van der Waals surface area contributed by atoms with Gasteiger partial charge in [0.2, 0.25) is 11.8 Å². The van der Waals surface area contributed by atoms with Gasteiger partial charge in [-0.25, -0.2) is 9.97 Å². The van der Waals surface area contributed by atoms with Gasteiger partial charge >= 0.3 is 0 Å². The number of hydrogen-bond acceptors (Lipinski definition) is 8. The third kappa shape index (κ3) is 7.63. The molecule has 4 N–H and O–H groups in total. The van der Waals surface area contributed by atoms with Crippen molar-refractivity contribution >= 4 is 30.1 Å². The second-order valence-corrected chi connectivity index (χ2v) is 11.7. The maximum atomic E-state index is 6.39. The summed E-state index contributed by atoms with van der Waals surface area (Å²) in [5.74, 6) is 1.12. The number of anilines is 3. The lowest BCUT2D eigenvalue weighted by Crippen LogP contribution is -2.42. The van der Waals surface area contributed by atoms with Crippen LogP contribution in [0.15, 0.2) is 71.6 Å². The SMILES string of the molecule is Cc1cccc(C)c1-c1cc(OCC(CC(C)(C)C)N(Cc2cccc(N)n2)c2cccc(S)c2)nc(N)n1. The predicted molar refractivity (Wildman–Crippen MR) is 163 cm³/mol. The van der Waals surface area contributed by atoms with Gasteiger partial charge in [0.15, 0.2) is 0 Å². The first-order valence-electron chi connectivity index (χ1n) is 13.1. The first-order valence-corrected chi connectivity index (χ1v) is 13.5. The zero-order valence-corrected chi connectivity index (χ0v) is 24.2. The summed E-state index contributed by atoms with van der Waals surface area (Å²) in [6, 6.07) is 21.9. The average Bonchev–Trinajstić information content (AvgIpc) is 2.84. The molecule has 0 bridgehead atoms. The van der Waals surface area contributed by atoms with Crippen molar-refractivity contribution in [3.63, 3.8) is 0 Å². The third-order valence-corrected chi connectivity index (χ3v) is 6.77. The number of benzene rings is 2. The fourth-order valence-corrected chi connectivity index (χ4v) is 5.09. The number of nitrogens with zero attached hydrogens (tertiary/aromatic N) is 4. The Kier molecular flexibility index (Phi) is 8.65. The monoisotopic (exact) mass is 542 g/mol. The van der Waals surface area contributed by atoms with Crippen LogP contribution in [0.5, 0.6) is 5.88 Å². The van der Waals surface area contributed by atoms with E-state index in [4.69, 9.17) is 16.2 Å². The van der Waals surface area contributed by atoms with Gasteiger partial charge < -0.3 is 21.1 Å². The molecule has 204 valence electrons. The van der Waals surface area contributed by atoms with Gasteiger partial charge in [-0.2, -0.15) is 4.98 Å². The van der Waals surface area contributed by atoms with Crippen molar-refractivity contribution in [1.29, 1.82) is 0 Å². The van der Waals surface area contributed by atoms with Crippen LogP contribution in [0.3, 0.4) is 0 Å². The lowest BCUT2D eigenvalue weighted by atomic mass is 9.87. The summed E-state index contributed by atoms with van der Waals surface area (Å²) in [5.41, 5.74) is 18.1. The van der Waals surface area contributed by atoms with Crippen molar-refractivity contribution in [1.82, 2.24) is 15.0 Å². The van der Waals surface area contributed by atoms with Gasteiger partial charge in [0.25, 0.3) is 0 Å². The van der Waals surface area contributed by atoms with Gasteiger partial charge in [-0.1, -0.05) is 51.1 Å². The van der Waals surface area contributed by atoms with Crippen molar-refractivity contribution in [2.75, 3.05) is 23.0 Å². The highest BCUT2D eigenvalue weighted by Crippen LogP contribution is 2.32. The maximum absolute atomic E-state index is 6.39. The van der Waals surface area contributed by atoms with Crippen LogP contribution in [0.4, 0.5) is 17.5 Å². The second-order valence-electron chi connectivity index (χ2n) is 11.1. The highest BCUT2D eigenvalue weighted by atomic mass is 32.1. The van der Waals surface area contributed by atoms with Crippen molar-refractivity contribution in [3.8, 4) is 17.1 Å². The lowest BCUT2D eigenvalue weighted by Gasteiger charge is -2.37. The molecule has 0 aliphatic carbocycles. The summed E-state index contributed by atoms with van der Waals surface area (Å²) >= 11 is 4.60. The Morgan fingerprint density at radius 3 is 2.26 bits per heavy atom. The Hall–Kier alpha value is -3.78. The minimum atomic E-state index is -0.0109. The van der Waals surface area contributed by atoms with Gasteiger partial charge in [-0.15, -0.1) is 12.6 Å². The molecule has 0 aliphatic heterocycles. The molecule has 39 heavy (non-hydrogen) atoms. The Morgan fingerprint density at radius 2 is 1.59 bits per heavy atom. The Morgan fingerprint density at radius 1 is 0.897 bits per heavy atom. The van der Waals surface area contributed by atoms with E-state index in [1.807, 2.05) is 36.4 Å². The lowest BCUT2D eigenvalue weighted by molar-refractivity contribution is 0.226. The van der Waals surface area contributed by atoms with Gasteiger partial charge in [-0.05, 0) is 67.1 Å². The van der Waals surface area contributed by atoms with Gasteiger partial charge in [0.1, 0.15) is 12.4 Å². The number of ether oxygens (including phenoxy) is 1. The number of pyridine rings is 1. The fraction of sp³-hybridized carbons (Fsp3) is 0.323. The summed E-state index contributed by atoms with van der Waals surface area (Å²) < 4.78 is 6.39. The summed E-state index contributed by atoms with van der Waals surface area (Å²) in [4.78, 5) is 16.7. The zero-order valence-electron chi connectivity index (χ0n) is 23.3. The molecule has 0 spiro atoms. The molecule has 2 aromatic carbocycles. The molecule has 0 radical (unpaired) electrons. The molecule has 2 heterocycles. The van der Waals surface area contributed by atoms with E-state index in [-0.39, 0.29) is 17.4 Å². The van der Waals surface area contributed by atoms with Crippen LogP contribution in [0.25, 0.3) is 11.3 Å². The Balaban J connectivity index is 1.69. The normalized spacial score (nSPS) is 12.3. The van der Waals surface area contributed by atoms with E-state index >= 15 is 0 Å². The highest BCUT2D eigenvalue weighted by Gasteiger charge is 2.27. The van der Waals surface area contributed by atoms with Crippen LogP contribution in [0, 0.1) is 19.3 Å². The molecular formula is C31H38N6OS. The Bertz CT molecular complexity index is 1410. The molecule has 0 amide bonds. The molecule has 2 aromatic heterocycles. The van der Waals surface area contributed by atoms with Crippen LogP contribution >= 0.6 is 12.6 Å². The van der Waals surface area contributed by atoms with E-state index in [2.05, 4.69) is 91.4 Å². The van der Waals surface area contributed by atoms with Gasteiger partial charge in [-0.3, -0.25) is 0 Å². The van der Waals surface area contributed by atoms with Crippen LogP contribution in [-0.2, 0) is 6.54 Å². The van der Waals surface area contributed by atoms with Crippen LogP contribution in [0.2, 0.25) is 0 Å². The molecule has 8 heteroatoms. The highest BCUT2D eigenvalue weighted by molar-refractivity contribution is 7.80. The number of nitrogens with two attached hydrogens (primary N) is 2. The summed E-state index contributed by atoms with van der Waals surface area (Å²) in [5, 5.41) is 0. The van der Waals surface area contributed by atoms with E-state index in [9.17, 15) is 0 Å². The fourth-order valence-electron chi connectivity index (χ4n) is 4.87. The van der Waals surface area contributed by atoms with E-state index in [1.54, 1.807) is 6.07 Å². The summed E-state index contributed by atoms with van der Waals surface area (Å²) in [6.07, 6.45) is 0.858. The minimum absolute atomic E-state index is 0.0109. The average molecular weight is 543 g/mol. The molecule has 0 saturated carbocycles. The maximum Gasteiger partial charge on any atom is 0.223 e. The van der Waals surface area contributed by atoms with Crippen molar-refractivity contribution in [2.24, 2.45) is 5.41 Å². The molecule has 0 fully saturated rings. The number of hydrogen-bond donors (Lipinski definition) is 3. The molecule has 4 rings (SSSR count). The Labute approximate surface area is 237 Å². The van der Waals surface area contributed by atoms with E-state index in [0.717, 1.165) is 45.1 Å². The number of rotatable bonds is 9.